The molecule has 26 heavy (non-hydrogen) atoms. The Balaban J connectivity index is 2.85. The van der Waals surface area contributed by atoms with Crippen LogP contribution in [0.15, 0.2) is 18.2 Å². The number of ether oxygens (including phenoxy) is 1. The molecule has 0 unspecified atom stereocenters. The quantitative estimate of drug-likeness (QED) is 0.654. The van der Waals surface area contributed by atoms with Crippen LogP contribution in [0.5, 0.6) is 0 Å². The molecule has 1 rings (SSSR count). The van der Waals surface area contributed by atoms with E-state index in [9.17, 15) is 14.4 Å². The van der Waals surface area contributed by atoms with Gasteiger partial charge in [-0.3, -0.25) is 4.79 Å². The zero-order valence-corrected chi connectivity index (χ0v) is 16.4. The average Bonchev–Trinajstić information content (AvgIpc) is 2.49. The predicted octanol–water partition coefficient (Wildman–Crippen LogP) is 3.32. The fourth-order valence-electron chi connectivity index (χ4n) is 2.14. The number of benzene rings is 1. The Morgan fingerprint density at radius 3 is 2.35 bits per heavy atom. The molecule has 4 N–H and O–H groups in total. The minimum absolute atomic E-state index is 0.114. The van der Waals surface area contributed by atoms with Crippen molar-refractivity contribution in [1.82, 2.24) is 5.32 Å². The summed E-state index contributed by atoms with van der Waals surface area (Å²) in [6.45, 7) is 9.07. The molecule has 0 fully saturated rings. The number of anilines is 1. The lowest BCUT2D eigenvalue weighted by atomic mass is 9.99. The number of carbonyl (C=O) groups is 3. The van der Waals surface area contributed by atoms with E-state index < -0.39 is 29.6 Å². The van der Waals surface area contributed by atoms with Crippen LogP contribution in [0.2, 0.25) is 5.02 Å². The van der Waals surface area contributed by atoms with Gasteiger partial charge in [0.1, 0.15) is 11.6 Å². The number of nitrogens with one attached hydrogen (secondary N) is 2. The first-order chi connectivity index (χ1) is 11.9. The molecule has 0 saturated heterocycles. The van der Waals surface area contributed by atoms with Gasteiger partial charge < -0.3 is 21.1 Å². The van der Waals surface area contributed by atoms with Crippen molar-refractivity contribution in [2.24, 2.45) is 11.7 Å². The van der Waals surface area contributed by atoms with Gasteiger partial charge in [0.05, 0.1) is 10.6 Å². The van der Waals surface area contributed by atoms with Crippen molar-refractivity contribution in [2.75, 3.05) is 5.32 Å². The summed E-state index contributed by atoms with van der Waals surface area (Å²) in [7, 11) is 0. The lowest BCUT2D eigenvalue weighted by Gasteiger charge is -2.27. The summed E-state index contributed by atoms with van der Waals surface area (Å²) in [5.74, 6) is -1.27. The second kappa shape index (κ2) is 8.89. The second-order valence-electron chi connectivity index (χ2n) is 7.05. The van der Waals surface area contributed by atoms with E-state index in [2.05, 4.69) is 10.6 Å². The molecule has 1 aromatic rings. The van der Waals surface area contributed by atoms with Crippen molar-refractivity contribution in [3.63, 3.8) is 0 Å². The van der Waals surface area contributed by atoms with E-state index >= 15 is 0 Å². The van der Waals surface area contributed by atoms with Crippen LogP contribution in [-0.2, 0) is 9.53 Å². The molecule has 0 radical (unpaired) electrons. The number of halogens is 1. The van der Waals surface area contributed by atoms with Gasteiger partial charge in [0.2, 0.25) is 5.91 Å². The van der Waals surface area contributed by atoms with Crippen molar-refractivity contribution in [3.05, 3.63) is 28.8 Å². The number of hydrogen-bond donors (Lipinski definition) is 3. The maximum atomic E-state index is 12.4. The number of primary amides is 1. The van der Waals surface area contributed by atoms with Gasteiger partial charge in [-0.15, -0.1) is 0 Å². The first-order valence-electron chi connectivity index (χ1n) is 8.34. The summed E-state index contributed by atoms with van der Waals surface area (Å²) in [6, 6.07) is 2.95. The summed E-state index contributed by atoms with van der Waals surface area (Å²) < 4.78 is 5.38. The lowest BCUT2D eigenvalue weighted by molar-refractivity contribution is -0.158. The number of esters is 1. The topological polar surface area (TPSA) is 111 Å². The van der Waals surface area contributed by atoms with E-state index in [1.807, 2.05) is 13.8 Å². The van der Waals surface area contributed by atoms with Crippen molar-refractivity contribution < 1.29 is 19.1 Å². The number of hydrogen-bond acceptors (Lipinski definition) is 4. The van der Waals surface area contributed by atoms with Gasteiger partial charge in [-0.1, -0.05) is 31.9 Å². The minimum atomic E-state index is -0.792. The standard InChI is InChI=1S/C18H26ClN3O4/c1-6-10(2)14(16(24)26-18(3,4)5)22-17(25)21-11-7-8-12(15(20)23)13(19)9-11/h7-10,14H,6H2,1-5H3,(H2,20,23)(H2,21,22,25)/t10-,14-/m0/s1. The Labute approximate surface area is 158 Å². The smallest absolute Gasteiger partial charge is 0.329 e. The fourth-order valence-corrected chi connectivity index (χ4v) is 2.41. The molecule has 0 spiro atoms. The van der Waals surface area contributed by atoms with Crippen LogP contribution in [0.4, 0.5) is 10.5 Å². The molecule has 8 heteroatoms. The number of amides is 3. The maximum Gasteiger partial charge on any atom is 0.329 e. The highest BCUT2D eigenvalue weighted by molar-refractivity contribution is 6.34. The summed E-state index contributed by atoms with van der Waals surface area (Å²) >= 11 is 5.96. The summed E-state index contributed by atoms with van der Waals surface area (Å²) in [5.41, 5.74) is 5.06. The van der Waals surface area contributed by atoms with Crippen molar-refractivity contribution in [3.8, 4) is 0 Å². The van der Waals surface area contributed by atoms with Crippen LogP contribution in [0.1, 0.15) is 51.4 Å². The molecule has 0 bridgehead atoms. The fraction of sp³-hybridized carbons (Fsp3) is 0.500. The molecule has 2 atom stereocenters. The monoisotopic (exact) mass is 383 g/mol. The number of carbonyl (C=O) groups excluding carboxylic acids is 3. The van der Waals surface area contributed by atoms with E-state index in [-0.39, 0.29) is 16.5 Å². The molecule has 0 heterocycles. The van der Waals surface area contributed by atoms with E-state index in [4.69, 9.17) is 22.1 Å². The highest BCUT2D eigenvalue weighted by Gasteiger charge is 2.30. The molecule has 0 aliphatic carbocycles. The van der Waals surface area contributed by atoms with Crippen LogP contribution in [0.3, 0.4) is 0 Å². The van der Waals surface area contributed by atoms with Crippen LogP contribution < -0.4 is 16.4 Å². The minimum Gasteiger partial charge on any atom is -0.458 e. The van der Waals surface area contributed by atoms with Crippen LogP contribution >= 0.6 is 11.6 Å². The average molecular weight is 384 g/mol. The molecule has 1 aromatic carbocycles. The Morgan fingerprint density at radius 2 is 1.88 bits per heavy atom. The molecule has 0 aliphatic rings. The van der Waals surface area contributed by atoms with Gasteiger partial charge >= 0.3 is 12.0 Å². The maximum absolute atomic E-state index is 12.4. The predicted molar refractivity (Wildman–Crippen MR) is 101 cm³/mol. The molecule has 0 saturated carbocycles. The summed E-state index contributed by atoms with van der Waals surface area (Å²) in [6.07, 6.45) is 0.684. The van der Waals surface area contributed by atoms with E-state index in [0.717, 1.165) is 0 Å². The molecular formula is C18H26ClN3O4. The van der Waals surface area contributed by atoms with Gasteiger partial charge in [0.15, 0.2) is 0 Å². The van der Waals surface area contributed by atoms with E-state index in [1.165, 1.54) is 18.2 Å². The van der Waals surface area contributed by atoms with Crippen LogP contribution in [0, 0.1) is 5.92 Å². The number of urea groups is 1. The van der Waals surface area contributed by atoms with E-state index in [1.54, 1.807) is 20.8 Å². The zero-order valence-electron chi connectivity index (χ0n) is 15.7. The molecule has 144 valence electrons. The van der Waals surface area contributed by atoms with Gasteiger partial charge in [-0.05, 0) is 44.9 Å². The largest absolute Gasteiger partial charge is 0.458 e. The number of rotatable bonds is 6. The second-order valence-corrected chi connectivity index (χ2v) is 7.46. The molecule has 3 amide bonds. The molecular weight excluding hydrogens is 358 g/mol. The van der Waals surface area contributed by atoms with Crippen LogP contribution in [-0.4, -0.2) is 29.6 Å². The molecule has 0 aromatic heterocycles. The Morgan fingerprint density at radius 1 is 1.27 bits per heavy atom. The highest BCUT2D eigenvalue weighted by Crippen LogP contribution is 2.21. The third-order valence-electron chi connectivity index (χ3n) is 3.65. The number of nitrogens with two attached hydrogens (primary N) is 1. The highest BCUT2D eigenvalue weighted by atomic mass is 35.5. The first kappa shape index (κ1) is 21.8. The third-order valence-corrected chi connectivity index (χ3v) is 3.97. The van der Waals surface area contributed by atoms with Gasteiger partial charge in [-0.2, -0.15) is 0 Å². The third kappa shape index (κ3) is 6.55. The van der Waals surface area contributed by atoms with Gasteiger partial charge in [0, 0.05) is 5.69 Å². The molecule has 7 nitrogen and oxygen atoms in total. The normalized spacial score (nSPS) is 13.5. The Bertz CT molecular complexity index is 686. The summed E-state index contributed by atoms with van der Waals surface area (Å²) in [5, 5.41) is 5.34. The van der Waals surface area contributed by atoms with Gasteiger partial charge in [-0.25, -0.2) is 9.59 Å². The van der Waals surface area contributed by atoms with Crippen LogP contribution in [0.25, 0.3) is 0 Å². The van der Waals surface area contributed by atoms with Crippen molar-refractivity contribution >= 4 is 35.2 Å². The van der Waals surface area contributed by atoms with E-state index in [0.29, 0.717) is 12.1 Å². The van der Waals surface area contributed by atoms with Crippen molar-refractivity contribution in [2.45, 2.75) is 52.7 Å². The lowest BCUT2D eigenvalue weighted by Crippen LogP contribution is -2.49. The first-order valence-corrected chi connectivity index (χ1v) is 8.72. The van der Waals surface area contributed by atoms with Gasteiger partial charge in [0.25, 0.3) is 0 Å². The van der Waals surface area contributed by atoms with Crippen molar-refractivity contribution in [1.29, 1.82) is 0 Å². The SMILES string of the molecule is CC[C@H](C)[C@H](NC(=O)Nc1ccc(C(N)=O)c(Cl)c1)C(=O)OC(C)(C)C. The molecule has 0 aliphatic heterocycles. The summed E-state index contributed by atoms with van der Waals surface area (Å²) in [4.78, 5) is 35.8. The zero-order chi connectivity index (χ0) is 20.1. The Hall–Kier alpha value is -2.28. The Kier molecular flexibility index (Phi) is 7.44.